The third-order valence-electron chi connectivity index (χ3n) is 6.68. The van der Waals surface area contributed by atoms with Crippen LogP contribution >= 0.6 is 0 Å². The summed E-state index contributed by atoms with van der Waals surface area (Å²) in [6.07, 6.45) is 9.45. The van der Waals surface area contributed by atoms with Gasteiger partial charge in [0.2, 0.25) is 5.75 Å². The smallest absolute Gasteiger partial charge is 0.206 e. The van der Waals surface area contributed by atoms with Crippen LogP contribution in [0.25, 0.3) is 0 Å². The second-order valence-electron chi connectivity index (χ2n) is 9.63. The molecule has 3 rings (SSSR count). The van der Waals surface area contributed by atoms with Crippen molar-refractivity contribution in [2.75, 3.05) is 60.9 Å². The average Bonchev–Trinajstić information content (AvgIpc) is 2.93. The van der Waals surface area contributed by atoms with Crippen LogP contribution in [0.4, 0.5) is 0 Å². The molecule has 37 heavy (non-hydrogen) atoms. The normalized spacial score (nSPS) is 13.9. The molecule has 0 bridgehead atoms. The molecule has 0 aromatic heterocycles. The molecular weight excluding hydrogens is 468 g/mol. The summed E-state index contributed by atoms with van der Waals surface area (Å²) in [5.74, 6) is 2.91. The lowest BCUT2D eigenvalue weighted by atomic mass is 10.1. The summed E-state index contributed by atoms with van der Waals surface area (Å²) < 4.78 is 27.6. The van der Waals surface area contributed by atoms with E-state index in [1.807, 2.05) is 12.1 Å². The summed E-state index contributed by atoms with van der Waals surface area (Å²) in [5.41, 5.74) is 2.54. The Bertz CT molecular complexity index is 876. The van der Waals surface area contributed by atoms with Gasteiger partial charge in [-0.2, -0.15) is 0 Å². The highest BCUT2D eigenvalue weighted by atomic mass is 16.7. The van der Waals surface area contributed by atoms with Crippen LogP contribution in [0, 0.1) is 0 Å². The third-order valence-corrected chi connectivity index (χ3v) is 6.68. The van der Waals surface area contributed by atoms with Crippen LogP contribution in [-0.4, -0.2) is 65.8 Å². The highest BCUT2D eigenvalue weighted by molar-refractivity contribution is 5.53. The number of nitrogens with one attached hydrogen (secondary N) is 1. The van der Waals surface area contributed by atoms with Crippen LogP contribution in [0.15, 0.2) is 36.4 Å². The fourth-order valence-electron chi connectivity index (χ4n) is 4.72. The van der Waals surface area contributed by atoms with Crippen molar-refractivity contribution in [3.05, 3.63) is 47.5 Å². The van der Waals surface area contributed by atoms with Gasteiger partial charge in [0.15, 0.2) is 18.3 Å². The van der Waals surface area contributed by atoms with E-state index in [0.717, 1.165) is 57.7 Å². The van der Waals surface area contributed by atoms with Crippen LogP contribution in [0.1, 0.15) is 56.1 Å². The molecule has 7 heteroatoms. The summed E-state index contributed by atoms with van der Waals surface area (Å²) >= 11 is 0. The first kappa shape index (κ1) is 29.1. The van der Waals surface area contributed by atoms with E-state index in [4.69, 9.17) is 23.7 Å². The van der Waals surface area contributed by atoms with E-state index < -0.39 is 0 Å². The van der Waals surface area contributed by atoms with Gasteiger partial charge in [0.1, 0.15) is 5.75 Å². The molecule has 0 aliphatic carbocycles. The Morgan fingerprint density at radius 3 is 2.27 bits per heavy atom. The van der Waals surface area contributed by atoms with E-state index >= 15 is 0 Å². The highest BCUT2D eigenvalue weighted by Crippen LogP contribution is 2.39. The van der Waals surface area contributed by atoms with Gasteiger partial charge in [-0.1, -0.05) is 25.0 Å². The van der Waals surface area contributed by atoms with Gasteiger partial charge in [-0.25, -0.2) is 0 Å². The topological polar surface area (TPSA) is 61.4 Å². The fourth-order valence-corrected chi connectivity index (χ4v) is 4.72. The van der Waals surface area contributed by atoms with E-state index in [2.05, 4.69) is 34.5 Å². The number of unbranched alkanes of at least 4 members (excludes halogenated alkanes) is 2. The molecule has 1 aliphatic heterocycles. The standard InChI is InChI=1S/C30H46N2O5/c1-33-24-37-30-28(34-2)21-25(22-29(30)35-3)12-6-4-7-15-31-16-11-19-36-27-14-10-13-26(20-27)23-32-17-8-5-9-18-32/h10,13-14,20-22,31H,4-9,11-12,15-19,23-24H2,1-3H3. The molecule has 0 radical (unpaired) electrons. The monoisotopic (exact) mass is 514 g/mol. The van der Waals surface area contributed by atoms with E-state index in [9.17, 15) is 0 Å². The number of methoxy groups -OCH3 is 3. The van der Waals surface area contributed by atoms with Gasteiger partial charge in [0.25, 0.3) is 0 Å². The molecule has 0 saturated carbocycles. The molecule has 1 fully saturated rings. The summed E-state index contributed by atoms with van der Waals surface area (Å²) in [6.45, 7) is 6.38. The lowest BCUT2D eigenvalue weighted by Gasteiger charge is -2.26. The SMILES string of the molecule is COCOc1c(OC)cc(CCCCCNCCCOc2cccc(CN3CCCCC3)c2)cc1OC. The average molecular weight is 515 g/mol. The van der Waals surface area contributed by atoms with Gasteiger partial charge in [-0.3, -0.25) is 4.90 Å². The zero-order chi connectivity index (χ0) is 26.1. The highest BCUT2D eigenvalue weighted by Gasteiger charge is 2.14. The minimum Gasteiger partial charge on any atom is -0.494 e. The maximum Gasteiger partial charge on any atom is 0.206 e. The molecule has 206 valence electrons. The molecule has 0 unspecified atom stereocenters. The lowest BCUT2D eigenvalue weighted by molar-refractivity contribution is 0.0471. The van der Waals surface area contributed by atoms with E-state index in [0.29, 0.717) is 17.2 Å². The summed E-state index contributed by atoms with van der Waals surface area (Å²) in [7, 11) is 4.87. The van der Waals surface area contributed by atoms with Crippen LogP contribution in [0.2, 0.25) is 0 Å². The Hall–Kier alpha value is -2.48. The molecule has 1 saturated heterocycles. The van der Waals surface area contributed by atoms with Crippen LogP contribution in [0.5, 0.6) is 23.0 Å². The largest absolute Gasteiger partial charge is 0.494 e. The van der Waals surface area contributed by atoms with Crippen molar-refractivity contribution >= 4 is 0 Å². The second kappa shape index (κ2) is 17.1. The fraction of sp³-hybridized carbons (Fsp3) is 0.600. The maximum absolute atomic E-state index is 6.00. The van der Waals surface area contributed by atoms with Crippen LogP contribution in [-0.2, 0) is 17.7 Å². The number of hydrogen-bond acceptors (Lipinski definition) is 7. The van der Waals surface area contributed by atoms with Crippen molar-refractivity contribution < 1.29 is 23.7 Å². The van der Waals surface area contributed by atoms with Crippen molar-refractivity contribution in [3.63, 3.8) is 0 Å². The second-order valence-corrected chi connectivity index (χ2v) is 9.63. The summed E-state index contributed by atoms with van der Waals surface area (Å²) in [5, 5.41) is 3.54. The predicted octanol–water partition coefficient (Wildman–Crippen LogP) is 5.44. The van der Waals surface area contributed by atoms with Gasteiger partial charge >= 0.3 is 0 Å². The van der Waals surface area contributed by atoms with Crippen molar-refractivity contribution in [2.24, 2.45) is 0 Å². The lowest BCUT2D eigenvalue weighted by Crippen LogP contribution is -2.29. The van der Waals surface area contributed by atoms with Crippen LogP contribution < -0.4 is 24.3 Å². The number of ether oxygens (including phenoxy) is 5. The number of rotatable bonds is 18. The Morgan fingerprint density at radius 2 is 1.54 bits per heavy atom. The number of hydrogen-bond donors (Lipinski definition) is 1. The maximum atomic E-state index is 6.00. The first-order chi connectivity index (χ1) is 18.2. The van der Waals surface area contributed by atoms with Gasteiger partial charge in [-0.15, -0.1) is 0 Å². The molecule has 1 aliphatic rings. The molecule has 0 amide bonds. The first-order valence-electron chi connectivity index (χ1n) is 13.7. The van der Waals surface area contributed by atoms with Gasteiger partial charge in [-0.05, 0) is 100 Å². The van der Waals surface area contributed by atoms with E-state index in [1.165, 1.54) is 49.9 Å². The zero-order valence-electron chi connectivity index (χ0n) is 23.1. The van der Waals surface area contributed by atoms with Crippen molar-refractivity contribution in [1.82, 2.24) is 10.2 Å². The minimum atomic E-state index is 0.150. The Morgan fingerprint density at radius 1 is 0.784 bits per heavy atom. The van der Waals surface area contributed by atoms with Crippen molar-refractivity contribution in [3.8, 4) is 23.0 Å². The molecule has 2 aromatic rings. The molecule has 2 aromatic carbocycles. The van der Waals surface area contributed by atoms with Gasteiger partial charge in [0, 0.05) is 13.7 Å². The quantitative estimate of drug-likeness (QED) is 0.210. The van der Waals surface area contributed by atoms with Gasteiger partial charge < -0.3 is 29.0 Å². The molecular formula is C30H46N2O5. The molecule has 1 N–H and O–H groups in total. The molecule has 0 atom stereocenters. The Kier molecular flexibility index (Phi) is 13.4. The van der Waals surface area contributed by atoms with Gasteiger partial charge in [0.05, 0.1) is 20.8 Å². The van der Waals surface area contributed by atoms with Crippen molar-refractivity contribution in [1.29, 1.82) is 0 Å². The summed E-state index contributed by atoms with van der Waals surface area (Å²) in [6, 6.07) is 12.6. The Balaban J connectivity index is 1.25. The third kappa shape index (κ3) is 10.4. The van der Waals surface area contributed by atoms with Crippen molar-refractivity contribution in [2.45, 2.75) is 57.9 Å². The predicted molar refractivity (Wildman–Crippen MR) is 148 cm³/mol. The van der Waals surface area contributed by atoms with Crippen LogP contribution in [0.3, 0.4) is 0 Å². The number of nitrogens with zero attached hydrogens (tertiary/aromatic N) is 1. The molecule has 7 nitrogen and oxygen atoms in total. The summed E-state index contributed by atoms with van der Waals surface area (Å²) in [4.78, 5) is 2.55. The number of likely N-dealkylation sites (tertiary alicyclic amines) is 1. The molecule has 0 spiro atoms. The molecule has 1 heterocycles. The number of piperidine rings is 1. The zero-order valence-corrected chi connectivity index (χ0v) is 23.1. The van der Waals surface area contributed by atoms with E-state index in [-0.39, 0.29) is 6.79 Å². The minimum absolute atomic E-state index is 0.150. The number of benzene rings is 2. The number of aryl methyl sites for hydroxylation is 1. The first-order valence-corrected chi connectivity index (χ1v) is 13.7. The van der Waals surface area contributed by atoms with E-state index in [1.54, 1.807) is 21.3 Å². The Labute approximate surface area is 223 Å².